The number of rotatable bonds is 7. The Kier molecular flexibility index (Phi) is 6.32. The van der Waals surface area contributed by atoms with Gasteiger partial charge in [0.2, 0.25) is 0 Å². The number of phenols is 1. The quantitative estimate of drug-likeness (QED) is 0.449. The second-order valence-corrected chi connectivity index (χ2v) is 5.41. The average molecular weight is 374 g/mol. The molecule has 0 saturated carbocycles. The zero-order chi connectivity index (χ0) is 20.0. The van der Waals surface area contributed by atoms with E-state index >= 15 is 0 Å². The molecule has 2 rings (SSSR count). The molecule has 0 aliphatic carbocycles. The molecule has 27 heavy (non-hydrogen) atoms. The highest BCUT2D eigenvalue weighted by molar-refractivity contribution is 6.03. The normalized spacial score (nSPS) is 10.1. The maximum Gasteiger partial charge on any atom is 0.340 e. The first kappa shape index (κ1) is 19.7. The minimum absolute atomic E-state index is 0.0305. The lowest BCUT2D eigenvalue weighted by Gasteiger charge is -2.20. The molecular weight excluding hydrogens is 356 g/mol. The fraction of sp³-hybridized carbons (Fsp3) is 0.222. The Bertz CT molecular complexity index is 849. The van der Waals surface area contributed by atoms with Gasteiger partial charge in [0.1, 0.15) is 11.5 Å². The number of aromatic hydroxyl groups is 1. The summed E-state index contributed by atoms with van der Waals surface area (Å²) in [6.45, 7) is 1.38. The first-order valence-corrected chi connectivity index (χ1v) is 7.97. The summed E-state index contributed by atoms with van der Waals surface area (Å²) in [4.78, 5) is 36.0. The van der Waals surface area contributed by atoms with Crippen LogP contribution in [0.1, 0.15) is 17.3 Å². The van der Waals surface area contributed by atoms with Gasteiger partial charge in [-0.1, -0.05) is 0 Å². The summed E-state index contributed by atoms with van der Waals surface area (Å²) < 4.78 is 10.3. The summed E-state index contributed by atoms with van der Waals surface area (Å²) in [7, 11) is 1.38. The molecule has 0 aromatic heterocycles. The van der Waals surface area contributed by atoms with Gasteiger partial charge in [-0.15, -0.1) is 0 Å². The summed E-state index contributed by atoms with van der Waals surface area (Å²) >= 11 is 0. The van der Waals surface area contributed by atoms with Crippen molar-refractivity contribution in [1.29, 1.82) is 0 Å². The van der Waals surface area contributed by atoms with Crippen LogP contribution in [0.3, 0.4) is 0 Å². The van der Waals surface area contributed by atoms with E-state index in [4.69, 9.17) is 9.47 Å². The number of nitrogens with zero attached hydrogens (tertiary/aromatic N) is 2. The minimum Gasteiger partial charge on any atom is -0.508 e. The molecule has 9 heteroatoms. The second kappa shape index (κ2) is 8.65. The van der Waals surface area contributed by atoms with E-state index in [0.717, 1.165) is 11.0 Å². The number of ether oxygens (including phenoxy) is 2. The monoisotopic (exact) mass is 374 g/mol. The molecule has 9 nitrogen and oxygen atoms in total. The Morgan fingerprint density at radius 3 is 2.44 bits per heavy atom. The maximum absolute atomic E-state index is 12.4. The van der Waals surface area contributed by atoms with Gasteiger partial charge in [0.15, 0.2) is 6.61 Å². The van der Waals surface area contributed by atoms with Crippen LogP contribution in [0, 0.1) is 10.1 Å². The van der Waals surface area contributed by atoms with Crippen molar-refractivity contribution >= 4 is 23.3 Å². The number of anilines is 1. The van der Waals surface area contributed by atoms with E-state index in [1.54, 1.807) is 6.92 Å². The third kappa shape index (κ3) is 4.94. The van der Waals surface area contributed by atoms with Crippen LogP contribution in [0.25, 0.3) is 0 Å². The van der Waals surface area contributed by atoms with Crippen molar-refractivity contribution < 1.29 is 29.1 Å². The van der Waals surface area contributed by atoms with Gasteiger partial charge in [0.05, 0.1) is 22.8 Å². The summed E-state index contributed by atoms with van der Waals surface area (Å²) in [5, 5.41) is 20.3. The highest BCUT2D eigenvalue weighted by Gasteiger charge is 2.23. The third-order valence-corrected chi connectivity index (χ3v) is 3.62. The fourth-order valence-electron chi connectivity index (χ4n) is 2.21. The largest absolute Gasteiger partial charge is 0.508 e. The molecule has 0 radical (unpaired) electrons. The number of likely N-dealkylation sites (N-methyl/N-ethyl adjacent to an activating group) is 1. The van der Waals surface area contributed by atoms with Crippen molar-refractivity contribution in [3.63, 3.8) is 0 Å². The molecule has 1 amide bonds. The van der Waals surface area contributed by atoms with E-state index in [2.05, 4.69) is 0 Å². The summed E-state index contributed by atoms with van der Waals surface area (Å²) in [5.74, 6) is -0.809. The Labute approximate surface area is 154 Å². The van der Waals surface area contributed by atoms with Crippen molar-refractivity contribution in [3.8, 4) is 11.5 Å². The molecule has 0 aliphatic rings. The number of benzene rings is 2. The third-order valence-electron chi connectivity index (χ3n) is 3.62. The molecular formula is C18H18N2O7. The van der Waals surface area contributed by atoms with Gasteiger partial charge in [0.25, 0.3) is 11.6 Å². The number of carbonyl (C=O) groups is 2. The number of hydrogen-bond donors (Lipinski definition) is 1. The molecule has 0 atom stereocenters. The second-order valence-electron chi connectivity index (χ2n) is 5.41. The van der Waals surface area contributed by atoms with Crippen LogP contribution in [-0.4, -0.2) is 42.2 Å². The van der Waals surface area contributed by atoms with Crippen molar-refractivity contribution in [2.24, 2.45) is 0 Å². The van der Waals surface area contributed by atoms with Crippen LogP contribution in [-0.2, 0) is 9.53 Å². The number of non-ortho nitro benzene ring substituents is 1. The highest BCUT2D eigenvalue weighted by atomic mass is 16.6. The molecule has 142 valence electrons. The molecule has 1 N–H and O–H groups in total. The molecule has 0 fully saturated rings. The van der Waals surface area contributed by atoms with E-state index < -0.39 is 16.8 Å². The molecule has 2 aromatic rings. The van der Waals surface area contributed by atoms with E-state index in [1.165, 1.54) is 43.4 Å². The summed E-state index contributed by atoms with van der Waals surface area (Å²) in [6, 6.07) is 9.33. The number of phenolic OH excluding ortho intramolecular Hbond substituents is 1. The van der Waals surface area contributed by atoms with Gasteiger partial charge in [-0.2, -0.15) is 0 Å². The van der Waals surface area contributed by atoms with Crippen LogP contribution < -0.4 is 9.64 Å². The molecule has 0 spiro atoms. The van der Waals surface area contributed by atoms with Crippen LogP contribution >= 0.6 is 0 Å². The lowest BCUT2D eigenvalue weighted by atomic mass is 10.1. The summed E-state index contributed by atoms with van der Waals surface area (Å²) in [5.41, 5.74) is -0.193. The van der Waals surface area contributed by atoms with E-state index in [0.29, 0.717) is 5.75 Å². The molecule has 0 bridgehead atoms. The standard InChI is InChI=1S/C18H18N2O7/c1-3-26-18(23)15-9-4-12(20(24)25)10-16(15)19(2)17(22)11-27-14-7-5-13(21)6-8-14/h4-10,21H,3,11H2,1-2H3. The predicted octanol–water partition coefficient (Wildman–Crippen LogP) is 2.52. The van der Waals surface area contributed by atoms with Gasteiger partial charge < -0.3 is 19.5 Å². The topological polar surface area (TPSA) is 119 Å². The van der Waals surface area contributed by atoms with Gasteiger partial charge in [-0.3, -0.25) is 14.9 Å². The fourth-order valence-corrected chi connectivity index (χ4v) is 2.21. The van der Waals surface area contributed by atoms with Crippen LogP contribution in [0.4, 0.5) is 11.4 Å². The van der Waals surface area contributed by atoms with Crippen molar-refractivity contribution in [3.05, 3.63) is 58.1 Å². The Morgan fingerprint density at radius 2 is 1.85 bits per heavy atom. The van der Waals surface area contributed by atoms with Gasteiger partial charge >= 0.3 is 5.97 Å². The zero-order valence-corrected chi connectivity index (χ0v) is 14.7. The molecule has 0 aliphatic heterocycles. The first-order valence-electron chi connectivity index (χ1n) is 7.97. The van der Waals surface area contributed by atoms with Gasteiger partial charge in [-0.05, 0) is 37.3 Å². The Hall–Kier alpha value is -3.62. The van der Waals surface area contributed by atoms with Crippen LogP contribution in [0.15, 0.2) is 42.5 Å². The highest BCUT2D eigenvalue weighted by Crippen LogP contribution is 2.26. The predicted molar refractivity (Wildman–Crippen MR) is 96.1 cm³/mol. The van der Waals surface area contributed by atoms with E-state index in [1.807, 2.05) is 0 Å². The van der Waals surface area contributed by atoms with Crippen molar-refractivity contribution in [2.75, 3.05) is 25.2 Å². The number of nitro benzene ring substituents is 1. The summed E-state index contributed by atoms with van der Waals surface area (Å²) in [6.07, 6.45) is 0. The van der Waals surface area contributed by atoms with Crippen LogP contribution in [0.5, 0.6) is 11.5 Å². The number of esters is 1. The number of carbonyl (C=O) groups excluding carboxylic acids is 2. The van der Waals surface area contributed by atoms with E-state index in [-0.39, 0.29) is 35.9 Å². The maximum atomic E-state index is 12.4. The smallest absolute Gasteiger partial charge is 0.340 e. The lowest BCUT2D eigenvalue weighted by Crippen LogP contribution is -2.32. The number of amides is 1. The van der Waals surface area contributed by atoms with Crippen molar-refractivity contribution in [2.45, 2.75) is 6.92 Å². The molecule has 0 saturated heterocycles. The van der Waals surface area contributed by atoms with Crippen LogP contribution in [0.2, 0.25) is 0 Å². The van der Waals surface area contributed by atoms with Gasteiger partial charge in [0, 0.05) is 19.2 Å². The Morgan fingerprint density at radius 1 is 1.19 bits per heavy atom. The molecule has 0 unspecified atom stereocenters. The number of hydrogen-bond acceptors (Lipinski definition) is 7. The average Bonchev–Trinajstić information content (AvgIpc) is 2.66. The van der Waals surface area contributed by atoms with Crippen molar-refractivity contribution in [1.82, 2.24) is 0 Å². The Balaban J connectivity index is 2.23. The van der Waals surface area contributed by atoms with Gasteiger partial charge in [-0.25, -0.2) is 4.79 Å². The lowest BCUT2D eigenvalue weighted by molar-refractivity contribution is -0.384. The molecule has 2 aromatic carbocycles. The first-order chi connectivity index (χ1) is 12.8. The minimum atomic E-state index is -0.693. The SMILES string of the molecule is CCOC(=O)c1ccc([N+](=O)[O-])cc1N(C)C(=O)COc1ccc(O)cc1. The van der Waals surface area contributed by atoms with E-state index in [9.17, 15) is 24.8 Å². The number of nitro groups is 1. The molecule has 0 heterocycles. The zero-order valence-electron chi connectivity index (χ0n) is 14.7.